The molecule has 3 heterocycles. The largest absolute Gasteiger partial charge is 0.497 e. The number of hydrogen-bond donors (Lipinski definition) is 2. The van der Waals surface area contributed by atoms with Crippen LogP contribution in [0, 0.1) is 23.7 Å². The minimum absolute atomic E-state index is 0.0300. The van der Waals surface area contributed by atoms with Gasteiger partial charge in [0.25, 0.3) is 0 Å². The van der Waals surface area contributed by atoms with Crippen molar-refractivity contribution in [2.75, 3.05) is 12.4 Å². The van der Waals surface area contributed by atoms with Crippen LogP contribution in [0.1, 0.15) is 51.6 Å². The van der Waals surface area contributed by atoms with Crippen molar-refractivity contribution in [3.05, 3.63) is 72.3 Å². The topological polar surface area (TPSA) is 97.0 Å². The number of nitrogens with zero attached hydrogens (tertiary/aromatic N) is 1. The summed E-state index contributed by atoms with van der Waals surface area (Å²) < 4.78 is 11.8. The number of carbonyl (C=O) groups excluding carboxylic acids is 3. The second-order valence-electron chi connectivity index (χ2n) is 12.1. The summed E-state index contributed by atoms with van der Waals surface area (Å²) >= 11 is 0. The van der Waals surface area contributed by atoms with E-state index in [9.17, 15) is 14.4 Å². The fourth-order valence-electron chi connectivity index (χ4n) is 7.46. The van der Waals surface area contributed by atoms with Crippen LogP contribution in [-0.4, -0.2) is 53.5 Å². The lowest BCUT2D eigenvalue weighted by Crippen LogP contribution is -2.58. The van der Waals surface area contributed by atoms with Crippen molar-refractivity contribution in [3.8, 4) is 5.75 Å². The smallest absolute Gasteiger partial charge is 0.246 e. The van der Waals surface area contributed by atoms with E-state index in [1.807, 2.05) is 49.4 Å². The molecule has 1 aliphatic carbocycles. The molecule has 1 spiro atoms. The lowest BCUT2D eigenvalue weighted by Gasteiger charge is -2.39. The molecule has 4 aliphatic rings. The van der Waals surface area contributed by atoms with Crippen molar-refractivity contribution in [2.24, 2.45) is 23.7 Å². The van der Waals surface area contributed by atoms with E-state index in [2.05, 4.69) is 24.5 Å². The van der Waals surface area contributed by atoms with Gasteiger partial charge in [0.1, 0.15) is 17.4 Å². The Morgan fingerprint density at radius 1 is 1.05 bits per heavy atom. The molecule has 0 radical (unpaired) electrons. The number of carbonyl (C=O) groups is 3. The fourth-order valence-corrected chi connectivity index (χ4v) is 7.46. The van der Waals surface area contributed by atoms with Gasteiger partial charge in [0, 0.05) is 11.7 Å². The first-order valence-electron chi connectivity index (χ1n) is 14.7. The zero-order valence-electron chi connectivity index (χ0n) is 24.1. The number of fused-ring (bicyclic) bond motifs is 1. The Bertz CT molecular complexity index is 1340. The van der Waals surface area contributed by atoms with Crippen molar-refractivity contribution in [1.29, 1.82) is 0 Å². The van der Waals surface area contributed by atoms with Crippen LogP contribution in [0.4, 0.5) is 5.69 Å². The molecular formula is C33H39N3O5. The van der Waals surface area contributed by atoms with E-state index in [1.54, 1.807) is 36.3 Å². The number of anilines is 1. The van der Waals surface area contributed by atoms with Crippen molar-refractivity contribution in [1.82, 2.24) is 10.2 Å². The molecule has 1 saturated carbocycles. The van der Waals surface area contributed by atoms with Crippen LogP contribution < -0.4 is 15.4 Å². The van der Waals surface area contributed by atoms with Gasteiger partial charge in [-0.2, -0.15) is 0 Å². The van der Waals surface area contributed by atoms with E-state index in [0.717, 1.165) is 24.8 Å². The summed E-state index contributed by atoms with van der Waals surface area (Å²) in [6.07, 6.45) is 6.26. The Labute approximate surface area is 241 Å². The lowest BCUT2D eigenvalue weighted by molar-refractivity contribution is -0.144. The molecule has 216 valence electrons. The number of likely N-dealkylation sites (tertiary alicyclic amines) is 1. The van der Waals surface area contributed by atoms with E-state index >= 15 is 0 Å². The van der Waals surface area contributed by atoms with E-state index in [-0.39, 0.29) is 29.8 Å². The molecule has 2 aromatic carbocycles. The van der Waals surface area contributed by atoms with Gasteiger partial charge in [-0.15, -0.1) is 0 Å². The zero-order chi connectivity index (χ0) is 28.9. The minimum Gasteiger partial charge on any atom is -0.497 e. The highest BCUT2D eigenvalue weighted by molar-refractivity contribution is 6.03. The van der Waals surface area contributed by atoms with E-state index in [4.69, 9.17) is 9.47 Å². The molecule has 0 unspecified atom stereocenters. The fraction of sp³-hybridized carbons (Fsp3) is 0.485. The van der Waals surface area contributed by atoms with Gasteiger partial charge in [-0.05, 0) is 55.0 Å². The SMILES string of the molecule is COc1ccc(NC(=O)[C@@H]2[C@@H]3C=C[C@]4(O3)[C@@H]2C(=O)N([C@H](C)c2ccccc2)[C@H]4C(=O)N[C@@H]2CCC[C@H](C)[C@@H]2C)cc1. The Balaban J connectivity index is 1.34. The summed E-state index contributed by atoms with van der Waals surface area (Å²) in [6.45, 7) is 6.37. The first-order valence-corrected chi connectivity index (χ1v) is 14.7. The maximum atomic E-state index is 14.4. The summed E-state index contributed by atoms with van der Waals surface area (Å²) in [7, 11) is 1.59. The van der Waals surface area contributed by atoms with E-state index in [0.29, 0.717) is 23.3 Å². The second-order valence-corrected chi connectivity index (χ2v) is 12.1. The zero-order valence-corrected chi connectivity index (χ0v) is 24.1. The van der Waals surface area contributed by atoms with Gasteiger partial charge in [-0.25, -0.2) is 0 Å². The van der Waals surface area contributed by atoms with Crippen LogP contribution in [0.2, 0.25) is 0 Å². The summed E-state index contributed by atoms with van der Waals surface area (Å²) in [5, 5.41) is 6.29. The highest BCUT2D eigenvalue weighted by Gasteiger charge is 2.73. The van der Waals surface area contributed by atoms with Gasteiger partial charge in [0.05, 0.1) is 31.1 Å². The van der Waals surface area contributed by atoms with Crippen molar-refractivity contribution in [3.63, 3.8) is 0 Å². The molecule has 3 amide bonds. The summed E-state index contributed by atoms with van der Waals surface area (Å²) in [4.78, 5) is 44.1. The molecule has 9 atom stereocenters. The number of nitrogens with one attached hydrogen (secondary N) is 2. The molecule has 8 nitrogen and oxygen atoms in total. The molecule has 2 saturated heterocycles. The average molecular weight is 558 g/mol. The summed E-state index contributed by atoms with van der Waals surface area (Å²) in [5.41, 5.74) is 0.319. The first kappa shape index (κ1) is 27.5. The van der Waals surface area contributed by atoms with Crippen LogP contribution in [0.3, 0.4) is 0 Å². The van der Waals surface area contributed by atoms with Crippen LogP contribution >= 0.6 is 0 Å². The highest BCUT2D eigenvalue weighted by Crippen LogP contribution is 2.56. The van der Waals surface area contributed by atoms with Gasteiger partial charge >= 0.3 is 0 Å². The third kappa shape index (κ3) is 4.53. The molecule has 3 aliphatic heterocycles. The van der Waals surface area contributed by atoms with E-state index < -0.39 is 29.6 Å². The lowest BCUT2D eigenvalue weighted by atomic mass is 9.73. The maximum Gasteiger partial charge on any atom is 0.246 e. The van der Waals surface area contributed by atoms with Gasteiger partial charge in [-0.3, -0.25) is 14.4 Å². The quantitative estimate of drug-likeness (QED) is 0.489. The van der Waals surface area contributed by atoms with Gasteiger partial charge in [0.2, 0.25) is 17.7 Å². The van der Waals surface area contributed by atoms with Gasteiger partial charge < -0.3 is 25.0 Å². The first-order chi connectivity index (χ1) is 19.7. The summed E-state index contributed by atoms with van der Waals surface area (Å²) in [5.74, 6) is -0.782. The predicted octanol–water partition coefficient (Wildman–Crippen LogP) is 4.49. The van der Waals surface area contributed by atoms with Crippen molar-refractivity contribution in [2.45, 2.75) is 69.9 Å². The Morgan fingerprint density at radius 2 is 1.78 bits per heavy atom. The molecule has 2 bridgehead atoms. The van der Waals surface area contributed by atoms with Crippen molar-refractivity contribution < 1.29 is 23.9 Å². The minimum atomic E-state index is -1.21. The monoisotopic (exact) mass is 557 g/mol. The average Bonchev–Trinajstić information content (AvgIpc) is 3.63. The highest BCUT2D eigenvalue weighted by atomic mass is 16.5. The molecule has 41 heavy (non-hydrogen) atoms. The number of methoxy groups -OCH3 is 1. The van der Waals surface area contributed by atoms with Crippen LogP contribution in [0.25, 0.3) is 0 Å². The third-order valence-corrected chi connectivity index (χ3v) is 9.95. The normalized spacial score (nSPS) is 34.3. The third-order valence-electron chi connectivity index (χ3n) is 9.95. The number of ether oxygens (including phenoxy) is 2. The Morgan fingerprint density at radius 3 is 2.49 bits per heavy atom. The molecular weight excluding hydrogens is 518 g/mol. The van der Waals surface area contributed by atoms with Crippen LogP contribution in [0.15, 0.2) is 66.7 Å². The summed E-state index contributed by atoms with van der Waals surface area (Å²) in [6, 6.07) is 15.5. The van der Waals surface area contributed by atoms with Crippen LogP contribution in [0.5, 0.6) is 5.75 Å². The Kier molecular flexibility index (Phi) is 7.14. The van der Waals surface area contributed by atoms with Crippen molar-refractivity contribution >= 4 is 23.4 Å². The molecule has 2 N–H and O–H groups in total. The number of rotatable bonds is 7. The Hall–Kier alpha value is -3.65. The second kappa shape index (κ2) is 10.6. The number of hydrogen-bond acceptors (Lipinski definition) is 5. The van der Waals surface area contributed by atoms with Crippen LogP contribution in [-0.2, 0) is 19.1 Å². The maximum absolute atomic E-state index is 14.4. The predicted molar refractivity (Wildman–Crippen MR) is 155 cm³/mol. The van der Waals surface area contributed by atoms with Gasteiger partial charge in [0.15, 0.2) is 0 Å². The molecule has 0 aromatic heterocycles. The van der Waals surface area contributed by atoms with E-state index in [1.165, 1.54) is 0 Å². The standard InChI is InChI=1S/C33H39N3O5/c1-19-9-8-12-25(20(19)2)35-31(38)29-33-18-17-26(41-33)27(30(37)34-23-13-15-24(40-4)16-14-23)28(33)32(39)36(29)21(3)22-10-6-5-7-11-22/h5-7,10-11,13-21,25-29H,8-9,12H2,1-4H3,(H,34,37)(H,35,38)/t19-,20-,21+,25+,26-,27+,28-,29-,33-/m0/s1. The molecule has 2 aromatic rings. The number of benzene rings is 2. The molecule has 8 heteroatoms. The van der Waals surface area contributed by atoms with Gasteiger partial charge in [-0.1, -0.05) is 69.2 Å². The molecule has 3 fully saturated rings. The molecule has 6 rings (SSSR count). The number of amides is 3.